The van der Waals surface area contributed by atoms with Crippen molar-refractivity contribution in [2.45, 2.75) is 6.54 Å². The molecule has 2 aromatic heterocycles. The van der Waals surface area contributed by atoms with E-state index in [0.29, 0.717) is 33.1 Å². The fourth-order valence-electron chi connectivity index (χ4n) is 3.86. The van der Waals surface area contributed by atoms with E-state index in [1.165, 1.54) is 11.7 Å². The minimum atomic E-state index is -0.674. The number of nitrogens with zero attached hydrogens (tertiary/aromatic N) is 2. The minimum absolute atomic E-state index is 0.0232. The van der Waals surface area contributed by atoms with Gasteiger partial charge in [0.25, 0.3) is 0 Å². The summed E-state index contributed by atoms with van der Waals surface area (Å²) >= 11 is 5.97. The molecule has 0 aliphatic carbocycles. The van der Waals surface area contributed by atoms with E-state index in [-0.39, 0.29) is 17.6 Å². The number of hydrogen-bond acceptors (Lipinski definition) is 5. The molecule has 2 heterocycles. The van der Waals surface area contributed by atoms with Crippen molar-refractivity contribution in [2.24, 2.45) is 0 Å². The molecule has 34 heavy (non-hydrogen) atoms. The Balaban J connectivity index is 1.69. The first kappa shape index (κ1) is 21.5. The van der Waals surface area contributed by atoms with Crippen LogP contribution in [0.2, 0.25) is 5.02 Å². The van der Waals surface area contributed by atoms with Crippen LogP contribution in [0.15, 0.2) is 86.8 Å². The number of nitrogens with one attached hydrogen (secondary N) is 1. The number of benzene rings is 3. The second-order valence-electron chi connectivity index (χ2n) is 7.54. The first-order valence-corrected chi connectivity index (χ1v) is 10.7. The fourth-order valence-corrected chi connectivity index (χ4v) is 3.99. The molecule has 0 atom stereocenters. The molecule has 0 saturated carbocycles. The molecule has 0 bridgehead atoms. The number of aromatic nitrogens is 2. The molecule has 0 fully saturated rings. The molecule has 1 N–H and O–H groups in total. The number of carbonyl (C=O) groups excluding carboxylic acids is 1. The van der Waals surface area contributed by atoms with Crippen LogP contribution in [-0.4, -0.2) is 22.2 Å². The Morgan fingerprint density at radius 1 is 1.03 bits per heavy atom. The van der Waals surface area contributed by atoms with Crippen LogP contribution in [0, 0.1) is 0 Å². The number of anilines is 1. The van der Waals surface area contributed by atoms with Crippen LogP contribution < -0.4 is 21.3 Å². The third kappa shape index (κ3) is 3.74. The molecule has 0 unspecified atom stereocenters. The van der Waals surface area contributed by atoms with Gasteiger partial charge in [-0.25, -0.2) is 9.36 Å². The topological polar surface area (TPSA) is 95.5 Å². The van der Waals surface area contributed by atoms with Gasteiger partial charge in [0.2, 0.25) is 11.5 Å². The number of halogens is 1. The zero-order valence-corrected chi connectivity index (χ0v) is 18.7. The molecular formula is C25H18ClN3O5. The summed E-state index contributed by atoms with van der Waals surface area (Å²) in [5.74, 6) is 0.123. The third-order valence-corrected chi connectivity index (χ3v) is 5.65. The molecule has 1 amide bonds. The first-order chi connectivity index (χ1) is 16.5. The Bertz CT molecular complexity index is 1660. The SMILES string of the molecule is COc1cccc(NC(=O)Cn2c(=O)n(-c3ccc(Cl)cc3)c(=O)c3oc4ccccc4c32)c1. The van der Waals surface area contributed by atoms with Crippen molar-refractivity contribution in [2.75, 3.05) is 12.4 Å². The lowest BCUT2D eigenvalue weighted by Crippen LogP contribution is -2.40. The van der Waals surface area contributed by atoms with Gasteiger partial charge in [0, 0.05) is 22.2 Å². The highest BCUT2D eigenvalue weighted by atomic mass is 35.5. The predicted octanol–water partition coefficient (Wildman–Crippen LogP) is 4.20. The van der Waals surface area contributed by atoms with Gasteiger partial charge in [-0.15, -0.1) is 0 Å². The second-order valence-corrected chi connectivity index (χ2v) is 7.98. The maximum atomic E-state index is 13.6. The van der Waals surface area contributed by atoms with Crippen molar-refractivity contribution in [3.05, 3.63) is 98.7 Å². The molecule has 0 aliphatic heterocycles. The maximum Gasteiger partial charge on any atom is 0.336 e. The van der Waals surface area contributed by atoms with Crippen molar-refractivity contribution in [1.82, 2.24) is 9.13 Å². The van der Waals surface area contributed by atoms with E-state index < -0.39 is 17.2 Å². The molecule has 5 rings (SSSR count). The summed E-state index contributed by atoms with van der Waals surface area (Å²) in [5.41, 5.74) is 0.196. The van der Waals surface area contributed by atoms with Crippen LogP contribution in [0.25, 0.3) is 27.8 Å². The molecule has 0 radical (unpaired) electrons. The van der Waals surface area contributed by atoms with E-state index >= 15 is 0 Å². The Labute approximate surface area is 197 Å². The minimum Gasteiger partial charge on any atom is -0.497 e. The van der Waals surface area contributed by atoms with E-state index in [1.807, 2.05) is 0 Å². The number of methoxy groups -OCH3 is 1. The lowest BCUT2D eigenvalue weighted by atomic mass is 10.2. The van der Waals surface area contributed by atoms with Crippen molar-refractivity contribution in [3.8, 4) is 11.4 Å². The van der Waals surface area contributed by atoms with Crippen molar-refractivity contribution in [3.63, 3.8) is 0 Å². The molecular weight excluding hydrogens is 458 g/mol. The van der Waals surface area contributed by atoms with Crippen molar-refractivity contribution in [1.29, 1.82) is 0 Å². The Kier molecular flexibility index (Phi) is 5.43. The van der Waals surface area contributed by atoms with E-state index in [1.54, 1.807) is 72.8 Å². The molecule has 170 valence electrons. The van der Waals surface area contributed by atoms with Crippen LogP contribution in [0.4, 0.5) is 5.69 Å². The van der Waals surface area contributed by atoms with Crippen LogP contribution in [0.1, 0.15) is 0 Å². The average molecular weight is 476 g/mol. The number of amides is 1. The molecule has 9 heteroatoms. The lowest BCUT2D eigenvalue weighted by molar-refractivity contribution is -0.116. The summed E-state index contributed by atoms with van der Waals surface area (Å²) < 4.78 is 13.2. The Hall–Kier alpha value is -4.30. The summed E-state index contributed by atoms with van der Waals surface area (Å²) in [7, 11) is 1.53. The van der Waals surface area contributed by atoms with Gasteiger partial charge < -0.3 is 14.5 Å². The number of furan rings is 1. The van der Waals surface area contributed by atoms with Gasteiger partial charge in [0.05, 0.1) is 12.8 Å². The zero-order valence-electron chi connectivity index (χ0n) is 17.9. The number of hydrogen-bond donors (Lipinski definition) is 1. The number of para-hydroxylation sites is 1. The number of fused-ring (bicyclic) bond motifs is 3. The summed E-state index contributed by atoms with van der Waals surface area (Å²) in [5, 5.41) is 3.78. The highest BCUT2D eigenvalue weighted by molar-refractivity contribution is 6.30. The smallest absolute Gasteiger partial charge is 0.336 e. The van der Waals surface area contributed by atoms with Gasteiger partial charge in [-0.05, 0) is 48.5 Å². The highest BCUT2D eigenvalue weighted by Crippen LogP contribution is 2.26. The molecule has 0 spiro atoms. The van der Waals surface area contributed by atoms with Crippen LogP contribution in [-0.2, 0) is 11.3 Å². The summed E-state index contributed by atoms with van der Waals surface area (Å²) in [6.07, 6.45) is 0. The number of ether oxygens (including phenoxy) is 1. The molecule has 0 aliphatic rings. The van der Waals surface area contributed by atoms with Crippen LogP contribution in [0.5, 0.6) is 5.75 Å². The molecule has 8 nitrogen and oxygen atoms in total. The summed E-state index contributed by atoms with van der Waals surface area (Å²) in [6, 6.07) is 20.1. The van der Waals surface area contributed by atoms with Gasteiger partial charge in [-0.2, -0.15) is 0 Å². The fraction of sp³-hybridized carbons (Fsp3) is 0.0800. The maximum absolute atomic E-state index is 13.6. The van der Waals surface area contributed by atoms with Gasteiger partial charge in [-0.3, -0.25) is 14.2 Å². The predicted molar refractivity (Wildman–Crippen MR) is 130 cm³/mol. The number of rotatable bonds is 5. The molecule has 3 aromatic carbocycles. The van der Waals surface area contributed by atoms with E-state index in [2.05, 4.69) is 5.32 Å². The monoisotopic (exact) mass is 475 g/mol. The van der Waals surface area contributed by atoms with Gasteiger partial charge in [-0.1, -0.05) is 29.8 Å². The van der Waals surface area contributed by atoms with E-state index in [4.69, 9.17) is 20.8 Å². The van der Waals surface area contributed by atoms with Gasteiger partial charge >= 0.3 is 11.2 Å². The standard InChI is InChI=1S/C25H18ClN3O5/c1-33-18-6-4-5-16(13-18)27-21(30)14-28-22-19-7-2-3-8-20(19)34-23(22)24(31)29(25(28)32)17-11-9-15(26)10-12-17/h2-13H,14H2,1H3,(H,27,30). The normalized spacial score (nSPS) is 11.1. The lowest BCUT2D eigenvalue weighted by Gasteiger charge is -2.12. The second kappa shape index (κ2) is 8.57. The van der Waals surface area contributed by atoms with E-state index in [0.717, 1.165) is 4.57 Å². The van der Waals surface area contributed by atoms with Crippen molar-refractivity contribution >= 4 is 45.3 Å². The van der Waals surface area contributed by atoms with Crippen LogP contribution >= 0.6 is 11.6 Å². The zero-order chi connectivity index (χ0) is 23.8. The van der Waals surface area contributed by atoms with Gasteiger partial charge in [0.1, 0.15) is 23.4 Å². The molecule has 0 saturated heterocycles. The molecule has 5 aromatic rings. The Morgan fingerprint density at radius 2 is 1.79 bits per heavy atom. The van der Waals surface area contributed by atoms with E-state index in [9.17, 15) is 14.4 Å². The average Bonchev–Trinajstić information content (AvgIpc) is 3.23. The highest BCUT2D eigenvalue weighted by Gasteiger charge is 2.22. The summed E-state index contributed by atoms with van der Waals surface area (Å²) in [6.45, 7) is -0.343. The Morgan fingerprint density at radius 3 is 2.56 bits per heavy atom. The first-order valence-electron chi connectivity index (χ1n) is 10.3. The summed E-state index contributed by atoms with van der Waals surface area (Å²) in [4.78, 5) is 39.8. The van der Waals surface area contributed by atoms with Gasteiger partial charge in [0.15, 0.2) is 0 Å². The number of carbonyl (C=O) groups is 1. The largest absolute Gasteiger partial charge is 0.497 e. The van der Waals surface area contributed by atoms with Crippen LogP contribution in [0.3, 0.4) is 0 Å². The quantitative estimate of drug-likeness (QED) is 0.411. The van der Waals surface area contributed by atoms with Crippen molar-refractivity contribution < 1.29 is 13.9 Å². The third-order valence-electron chi connectivity index (χ3n) is 5.40.